The van der Waals surface area contributed by atoms with Crippen LogP contribution in [0.15, 0.2) is 30.3 Å². The van der Waals surface area contributed by atoms with Gasteiger partial charge in [-0.1, -0.05) is 50.1 Å². The molecule has 0 bridgehead atoms. The Kier molecular flexibility index (Phi) is 12.6. The number of nitrogens with one attached hydrogen (secondary N) is 2. The van der Waals surface area contributed by atoms with Crippen LogP contribution in [0.5, 0.6) is 0 Å². The lowest BCUT2D eigenvalue weighted by Gasteiger charge is -2.43. The van der Waals surface area contributed by atoms with Gasteiger partial charge in [-0.2, -0.15) is 11.8 Å². The van der Waals surface area contributed by atoms with Gasteiger partial charge in [0.25, 0.3) is 0 Å². The first-order chi connectivity index (χ1) is 16.3. The Bertz CT molecular complexity index is 803. The molecule has 0 aromatic heterocycles. The van der Waals surface area contributed by atoms with Crippen molar-refractivity contribution in [1.29, 1.82) is 0 Å². The second-order valence-corrected chi connectivity index (χ2v) is 11.7. The van der Waals surface area contributed by atoms with E-state index in [1.807, 2.05) is 57.4 Å². The van der Waals surface area contributed by atoms with Gasteiger partial charge in [0.1, 0.15) is 17.7 Å². The zero-order valence-electron chi connectivity index (χ0n) is 22.8. The Labute approximate surface area is 216 Å². The van der Waals surface area contributed by atoms with Crippen LogP contribution in [0.2, 0.25) is 0 Å². The molecule has 35 heavy (non-hydrogen) atoms. The lowest BCUT2D eigenvalue weighted by molar-refractivity contribution is -0.148. The lowest BCUT2D eigenvalue weighted by Crippen LogP contribution is -2.58. The van der Waals surface area contributed by atoms with Gasteiger partial charge >= 0.3 is 6.09 Å². The van der Waals surface area contributed by atoms with Gasteiger partial charge in [0.05, 0.1) is 0 Å². The van der Waals surface area contributed by atoms with Crippen molar-refractivity contribution >= 4 is 29.7 Å². The van der Waals surface area contributed by atoms with Crippen molar-refractivity contribution in [3.63, 3.8) is 0 Å². The van der Waals surface area contributed by atoms with Crippen molar-refractivity contribution in [2.24, 2.45) is 0 Å². The van der Waals surface area contributed by atoms with Gasteiger partial charge < -0.3 is 20.3 Å². The second-order valence-electron chi connectivity index (χ2n) is 10.7. The number of thioether (sulfide) groups is 1. The van der Waals surface area contributed by atoms with E-state index in [4.69, 9.17) is 4.74 Å². The largest absolute Gasteiger partial charge is 0.444 e. The summed E-state index contributed by atoms with van der Waals surface area (Å²) in [5.41, 5.74) is -0.651. The first kappa shape index (κ1) is 30.8. The van der Waals surface area contributed by atoms with E-state index in [-0.39, 0.29) is 11.8 Å². The average molecular weight is 508 g/mol. The van der Waals surface area contributed by atoms with E-state index in [0.717, 1.165) is 24.8 Å². The molecule has 0 heterocycles. The molecule has 0 aliphatic carbocycles. The lowest BCUT2D eigenvalue weighted by atomic mass is 9.95. The topological polar surface area (TPSA) is 87.7 Å². The normalized spacial score (nSPS) is 13.5. The molecule has 0 aliphatic heterocycles. The van der Waals surface area contributed by atoms with Crippen LogP contribution in [0, 0.1) is 0 Å². The highest BCUT2D eigenvalue weighted by Gasteiger charge is 2.41. The van der Waals surface area contributed by atoms with Crippen LogP contribution < -0.4 is 10.6 Å². The van der Waals surface area contributed by atoms with Crippen LogP contribution in [0.25, 0.3) is 0 Å². The molecule has 2 N–H and O–H groups in total. The summed E-state index contributed by atoms with van der Waals surface area (Å²) < 4.78 is 5.43. The molecule has 0 saturated heterocycles. The molecule has 8 heteroatoms. The molecule has 7 nitrogen and oxygen atoms in total. The molecule has 2 unspecified atom stereocenters. The summed E-state index contributed by atoms with van der Waals surface area (Å²) in [5, 5.41) is 5.80. The number of ether oxygens (including phenoxy) is 1. The van der Waals surface area contributed by atoms with Gasteiger partial charge in [0.2, 0.25) is 11.8 Å². The standard InChI is InChI=1S/C27H45N3O4S/c1-9-10-14-18-28-23(31)22(20-15-12-11-13-16-20)30(26(2,3)4)24(32)21(17-19-35-8)29-25(33)34-27(5,6)7/h11-13,15-16,21-22H,9-10,14,17-19H2,1-8H3,(H,28,31)(H,29,33). The van der Waals surface area contributed by atoms with Gasteiger partial charge in [-0.05, 0) is 72.0 Å². The van der Waals surface area contributed by atoms with Gasteiger partial charge in [-0.15, -0.1) is 0 Å². The molecule has 0 aliphatic rings. The molecule has 3 amide bonds. The number of alkyl carbamates (subject to hydrolysis) is 1. The number of carbonyl (C=O) groups is 3. The van der Waals surface area contributed by atoms with Crippen molar-refractivity contribution in [2.45, 2.75) is 97.4 Å². The average Bonchev–Trinajstić information content (AvgIpc) is 2.75. The Morgan fingerprint density at radius 3 is 2.17 bits per heavy atom. The summed E-state index contributed by atoms with van der Waals surface area (Å²) in [6.07, 6.45) is 4.68. The van der Waals surface area contributed by atoms with Gasteiger partial charge in [-0.25, -0.2) is 4.79 Å². The number of carbonyl (C=O) groups excluding carboxylic acids is 3. The van der Waals surface area contributed by atoms with E-state index in [2.05, 4.69) is 17.6 Å². The number of nitrogens with zero attached hydrogens (tertiary/aromatic N) is 1. The van der Waals surface area contributed by atoms with E-state index in [1.165, 1.54) is 0 Å². The first-order valence-electron chi connectivity index (χ1n) is 12.5. The summed E-state index contributed by atoms with van der Waals surface area (Å²) >= 11 is 1.59. The van der Waals surface area contributed by atoms with Crippen molar-refractivity contribution in [2.75, 3.05) is 18.6 Å². The van der Waals surface area contributed by atoms with Crippen LogP contribution in [0.3, 0.4) is 0 Å². The SMILES string of the molecule is CCCCCNC(=O)C(c1ccccc1)N(C(=O)C(CCSC)NC(=O)OC(C)(C)C)C(C)(C)C. The molecular weight excluding hydrogens is 462 g/mol. The highest BCUT2D eigenvalue weighted by Crippen LogP contribution is 2.30. The van der Waals surface area contributed by atoms with E-state index < -0.39 is 29.3 Å². The van der Waals surface area contributed by atoms with Crippen molar-refractivity contribution in [1.82, 2.24) is 15.5 Å². The molecule has 2 atom stereocenters. The monoisotopic (exact) mass is 507 g/mol. The molecular formula is C27H45N3O4S. The van der Waals surface area contributed by atoms with E-state index in [1.54, 1.807) is 37.4 Å². The second kappa shape index (κ2) is 14.4. The summed E-state index contributed by atoms with van der Waals surface area (Å²) in [4.78, 5) is 41.8. The third kappa shape index (κ3) is 10.9. The maximum absolute atomic E-state index is 14.1. The van der Waals surface area contributed by atoms with Crippen LogP contribution in [0.4, 0.5) is 4.79 Å². The Balaban J connectivity index is 3.38. The van der Waals surface area contributed by atoms with E-state index in [0.29, 0.717) is 18.7 Å². The first-order valence-corrected chi connectivity index (χ1v) is 13.9. The molecule has 1 aromatic carbocycles. The number of unbranched alkanes of at least 4 members (excludes halogenated alkanes) is 2. The molecule has 0 radical (unpaired) electrons. The summed E-state index contributed by atoms with van der Waals surface area (Å²) in [5.74, 6) is 0.134. The van der Waals surface area contributed by atoms with Crippen LogP contribution in [-0.4, -0.2) is 58.5 Å². The molecule has 1 rings (SSSR count). The van der Waals surface area contributed by atoms with Crippen LogP contribution >= 0.6 is 11.8 Å². The van der Waals surface area contributed by atoms with Crippen molar-refractivity contribution < 1.29 is 19.1 Å². The highest BCUT2D eigenvalue weighted by atomic mass is 32.2. The van der Waals surface area contributed by atoms with Gasteiger partial charge in [0.15, 0.2) is 0 Å². The van der Waals surface area contributed by atoms with Crippen molar-refractivity contribution in [3.05, 3.63) is 35.9 Å². The van der Waals surface area contributed by atoms with Gasteiger partial charge in [0, 0.05) is 12.1 Å². The molecule has 0 fully saturated rings. The number of benzene rings is 1. The zero-order chi connectivity index (χ0) is 26.6. The number of rotatable bonds is 12. The van der Waals surface area contributed by atoms with E-state index in [9.17, 15) is 14.4 Å². The highest BCUT2D eigenvalue weighted by molar-refractivity contribution is 7.98. The summed E-state index contributed by atoms with van der Waals surface area (Å²) in [6.45, 7) is 13.7. The smallest absolute Gasteiger partial charge is 0.408 e. The fourth-order valence-electron chi connectivity index (χ4n) is 3.69. The molecule has 0 saturated carbocycles. The van der Waals surface area contributed by atoms with Gasteiger partial charge in [-0.3, -0.25) is 9.59 Å². The summed E-state index contributed by atoms with van der Waals surface area (Å²) in [6, 6.07) is 7.68. The predicted octanol–water partition coefficient (Wildman–Crippen LogP) is 5.31. The minimum absolute atomic E-state index is 0.225. The Hall–Kier alpha value is -2.22. The number of hydrogen-bond acceptors (Lipinski definition) is 5. The third-order valence-electron chi connectivity index (χ3n) is 5.26. The molecule has 1 aromatic rings. The number of hydrogen-bond donors (Lipinski definition) is 2. The van der Waals surface area contributed by atoms with Crippen LogP contribution in [0.1, 0.15) is 85.8 Å². The van der Waals surface area contributed by atoms with Crippen molar-refractivity contribution in [3.8, 4) is 0 Å². The Morgan fingerprint density at radius 1 is 1.03 bits per heavy atom. The quantitative estimate of drug-likeness (QED) is 0.375. The van der Waals surface area contributed by atoms with E-state index >= 15 is 0 Å². The Morgan fingerprint density at radius 2 is 1.66 bits per heavy atom. The predicted molar refractivity (Wildman–Crippen MR) is 144 cm³/mol. The number of amides is 3. The minimum Gasteiger partial charge on any atom is -0.444 e. The molecule has 0 spiro atoms. The maximum atomic E-state index is 14.1. The minimum atomic E-state index is -0.831. The third-order valence-corrected chi connectivity index (χ3v) is 5.91. The summed E-state index contributed by atoms with van der Waals surface area (Å²) in [7, 11) is 0. The molecule has 198 valence electrons. The fourth-order valence-corrected chi connectivity index (χ4v) is 4.16. The maximum Gasteiger partial charge on any atom is 0.408 e. The van der Waals surface area contributed by atoms with Crippen LogP contribution in [-0.2, 0) is 14.3 Å². The zero-order valence-corrected chi connectivity index (χ0v) is 23.6. The fraction of sp³-hybridized carbons (Fsp3) is 0.667.